The van der Waals surface area contributed by atoms with Crippen LogP contribution in [0.15, 0.2) is 32.8 Å². The average Bonchev–Trinajstić information content (AvgIpc) is 3.41. The Labute approximate surface area is 205 Å². The van der Waals surface area contributed by atoms with Crippen LogP contribution in [0.3, 0.4) is 0 Å². The number of thioether (sulfide) groups is 1. The molecule has 3 heterocycles. The monoisotopic (exact) mass is 501 g/mol. The average molecular weight is 502 g/mol. The van der Waals surface area contributed by atoms with E-state index >= 15 is 0 Å². The zero-order valence-electron chi connectivity index (χ0n) is 20.0. The van der Waals surface area contributed by atoms with Gasteiger partial charge in [-0.2, -0.15) is 0 Å². The van der Waals surface area contributed by atoms with Crippen LogP contribution in [0.5, 0.6) is 11.5 Å². The number of ether oxygens (including phenoxy) is 3. The van der Waals surface area contributed by atoms with Crippen LogP contribution >= 0.6 is 11.8 Å². The predicted molar refractivity (Wildman–Crippen MR) is 131 cm³/mol. The first-order valence-corrected chi connectivity index (χ1v) is 12.0. The van der Waals surface area contributed by atoms with Gasteiger partial charge < -0.3 is 19.5 Å². The fourth-order valence-electron chi connectivity index (χ4n) is 3.86. The molecule has 0 bridgehead atoms. The molecule has 1 amide bonds. The zero-order chi connectivity index (χ0) is 25.1. The van der Waals surface area contributed by atoms with E-state index in [0.717, 1.165) is 29.2 Å². The summed E-state index contributed by atoms with van der Waals surface area (Å²) in [7, 11) is 5.99. The first-order chi connectivity index (χ1) is 16.8. The van der Waals surface area contributed by atoms with Crippen LogP contribution in [0, 0.1) is 0 Å². The van der Waals surface area contributed by atoms with Crippen molar-refractivity contribution >= 4 is 28.7 Å². The van der Waals surface area contributed by atoms with Crippen LogP contribution in [-0.2, 0) is 23.6 Å². The molecule has 35 heavy (non-hydrogen) atoms. The molecule has 1 fully saturated rings. The van der Waals surface area contributed by atoms with Crippen molar-refractivity contribution in [2.75, 3.05) is 33.1 Å². The standard InChI is InChI=1S/C23H27N5O6S/c1-27-20-18(22(30)28(2)23(27)31)21(35-12-17(29)24-11-14-6-5-9-34-14)26-19(25-20)13-7-8-15(32-3)16(10-13)33-4/h7-8,10,14H,5-6,9,11-12H2,1-4H3,(H,24,29)/t14-/m1/s1. The van der Waals surface area contributed by atoms with E-state index in [1.807, 2.05) is 0 Å². The molecule has 3 aromatic rings. The van der Waals surface area contributed by atoms with Crippen LogP contribution in [0.25, 0.3) is 22.4 Å². The number of benzene rings is 1. The van der Waals surface area contributed by atoms with Gasteiger partial charge >= 0.3 is 5.69 Å². The molecule has 0 radical (unpaired) electrons. The number of nitrogens with zero attached hydrogens (tertiary/aromatic N) is 4. The first kappa shape index (κ1) is 24.7. The highest BCUT2D eigenvalue weighted by atomic mass is 32.2. The summed E-state index contributed by atoms with van der Waals surface area (Å²) in [5.41, 5.74) is -0.253. The Balaban J connectivity index is 1.73. The lowest BCUT2D eigenvalue weighted by Crippen LogP contribution is -2.38. The molecular formula is C23H27N5O6S. The van der Waals surface area contributed by atoms with Crippen molar-refractivity contribution in [2.45, 2.75) is 24.0 Å². The van der Waals surface area contributed by atoms with Gasteiger partial charge in [-0.25, -0.2) is 14.8 Å². The lowest BCUT2D eigenvalue weighted by atomic mass is 10.2. The summed E-state index contributed by atoms with van der Waals surface area (Å²) < 4.78 is 18.5. The number of aryl methyl sites for hydroxylation is 1. The summed E-state index contributed by atoms with van der Waals surface area (Å²) in [5, 5.41) is 3.35. The van der Waals surface area contributed by atoms with Crippen molar-refractivity contribution in [1.29, 1.82) is 0 Å². The lowest BCUT2D eigenvalue weighted by molar-refractivity contribution is -0.119. The number of rotatable bonds is 8. The highest BCUT2D eigenvalue weighted by molar-refractivity contribution is 8.00. The maximum absolute atomic E-state index is 13.0. The lowest BCUT2D eigenvalue weighted by Gasteiger charge is -2.14. The van der Waals surface area contributed by atoms with Gasteiger partial charge in [-0.15, -0.1) is 0 Å². The van der Waals surface area contributed by atoms with Gasteiger partial charge in [-0.1, -0.05) is 11.8 Å². The number of methoxy groups -OCH3 is 2. The van der Waals surface area contributed by atoms with Gasteiger partial charge in [0.15, 0.2) is 23.0 Å². The van der Waals surface area contributed by atoms with E-state index in [1.54, 1.807) is 18.2 Å². The molecule has 186 valence electrons. The summed E-state index contributed by atoms with van der Waals surface area (Å²) in [5.74, 6) is 1.14. The quantitative estimate of drug-likeness (QED) is 0.357. The molecule has 1 saturated heterocycles. The molecule has 0 spiro atoms. The Bertz CT molecular complexity index is 1380. The van der Waals surface area contributed by atoms with E-state index < -0.39 is 11.2 Å². The fraction of sp³-hybridized carbons (Fsp3) is 0.435. The van der Waals surface area contributed by atoms with Crippen molar-refractivity contribution in [3.05, 3.63) is 39.0 Å². The van der Waals surface area contributed by atoms with E-state index in [9.17, 15) is 14.4 Å². The highest BCUT2D eigenvalue weighted by Crippen LogP contribution is 2.32. The maximum Gasteiger partial charge on any atom is 0.332 e. The number of carbonyl (C=O) groups excluding carboxylic acids is 1. The molecular weight excluding hydrogens is 474 g/mol. The third-order valence-corrected chi connectivity index (χ3v) is 6.77. The van der Waals surface area contributed by atoms with Gasteiger partial charge in [-0.3, -0.25) is 18.7 Å². The molecule has 2 aromatic heterocycles. The Morgan fingerprint density at radius 2 is 1.94 bits per heavy atom. The summed E-state index contributed by atoms with van der Waals surface area (Å²) in [6.45, 7) is 1.15. The minimum atomic E-state index is -0.524. The van der Waals surface area contributed by atoms with Gasteiger partial charge in [0, 0.05) is 32.8 Å². The van der Waals surface area contributed by atoms with E-state index in [-0.39, 0.29) is 34.6 Å². The Morgan fingerprint density at radius 3 is 2.63 bits per heavy atom. The van der Waals surface area contributed by atoms with Gasteiger partial charge in [0.05, 0.1) is 26.1 Å². The second-order valence-electron chi connectivity index (χ2n) is 8.05. The van der Waals surface area contributed by atoms with Crippen molar-refractivity contribution in [2.24, 2.45) is 14.1 Å². The minimum absolute atomic E-state index is 0.0299. The molecule has 0 unspecified atom stereocenters. The molecule has 1 aliphatic heterocycles. The summed E-state index contributed by atoms with van der Waals surface area (Å²) in [4.78, 5) is 47.2. The normalized spacial score (nSPS) is 15.4. The zero-order valence-corrected chi connectivity index (χ0v) is 20.8. The van der Waals surface area contributed by atoms with Crippen LogP contribution in [0.1, 0.15) is 12.8 Å². The van der Waals surface area contributed by atoms with Crippen molar-refractivity contribution in [3.63, 3.8) is 0 Å². The maximum atomic E-state index is 13.0. The molecule has 0 saturated carbocycles. The number of fused-ring (bicyclic) bond motifs is 1. The smallest absolute Gasteiger partial charge is 0.332 e. The van der Waals surface area contributed by atoms with E-state index in [4.69, 9.17) is 14.2 Å². The third-order valence-electron chi connectivity index (χ3n) is 5.80. The number of amides is 1. The second kappa shape index (κ2) is 10.5. The Kier molecular flexibility index (Phi) is 7.41. The number of carbonyl (C=O) groups is 1. The largest absolute Gasteiger partial charge is 0.493 e. The first-order valence-electron chi connectivity index (χ1n) is 11.0. The van der Waals surface area contributed by atoms with Crippen LogP contribution in [-0.4, -0.2) is 64.2 Å². The van der Waals surface area contributed by atoms with Crippen molar-refractivity contribution in [3.8, 4) is 22.9 Å². The second-order valence-corrected chi connectivity index (χ2v) is 9.02. The molecule has 1 aliphatic rings. The number of aromatic nitrogens is 4. The van der Waals surface area contributed by atoms with E-state index in [2.05, 4.69) is 15.3 Å². The van der Waals surface area contributed by atoms with E-state index in [0.29, 0.717) is 35.2 Å². The van der Waals surface area contributed by atoms with Crippen LogP contribution in [0.2, 0.25) is 0 Å². The van der Waals surface area contributed by atoms with Crippen LogP contribution in [0.4, 0.5) is 0 Å². The number of nitrogens with one attached hydrogen (secondary N) is 1. The van der Waals surface area contributed by atoms with Crippen LogP contribution < -0.4 is 26.0 Å². The predicted octanol–water partition coefficient (Wildman–Crippen LogP) is 1.10. The Hall–Kier alpha value is -3.38. The van der Waals surface area contributed by atoms with E-state index in [1.165, 1.54) is 32.9 Å². The number of hydrogen-bond donors (Lipinski definition) is 1. The van der Waals surface area contributed by atoms with Gasteiger partial charge in [0.1, 0.15) is 10.4 Å². The fourth-order valence-corrected chi connectivity index (χ4v) is 4.70. The van der Waals surface area contributed by atoms with Crippen molar-refractivity contribution < 1.29 is 19.0 Å². The number of hydrogen-bond acceptors (Lipinski definition) is 9. The molecule has 12 heteroatoms. The molecule has 0 aliphatic carbocycles. The Morgan fingerprint density at radius 1 is 1.17 bits per heavy atom. The van der Waals surface area contributed by atoms with Gasteiger partial charge in [0.2, 0.25) is 5.91 Å². The third kappa shape index (κ3) is 5.03. The summed E-state index contributed by atoms with van der Waals surface area (Å²) in [6, 6.07) is 5.18. The minimum Gasteiger partial charge on any atom is -0.493 e. The summed E-state index contributed by atoms with van der Waals surface area (Å²) >= 11 is 1.12. The summed E-state index contributed by atoms with van der Waals surface area (Å²) in [6.07, 6.45) is 1.94. The molecule has 1 N–H and O–H groups in total. The van der Waals surface area contributed by atoms with Gasteiger partial charge in [0.25, 0.3) is 5.56 Å². The molecule has 1 aromatic carbocycles. The topological polar surface area (TPSA) is 127 Å². The van der Waals surface area contributed by atoms with Gasteiger partial charge in [-0.05, 0) is 31.0 Å². The SMILES string of the molecule is COc1ccc(-c2nc(SCC(=O)NC[C@H]3CCCO3)c3c(=O)n(C)c(=O)n(C)c3n2)cc1OC. The molecule has 11 nitrogen and oxygen atoms in total. The molecule has 4 rings (SSSR count). The molecule has 1 atom stereocenters. The van der Waals surface area contributed by atoms with Crippen molar-refractivity contribution in [1.82, 2.24) is 24.4 Å². The highest BCUT2D eigenvalue weighted by Gasteiger charge is 2.21.